The molecule has 0 saturated carbocycles. The monoisotopic (exact) mass is 259 g/mol. The lowest BCUT2D eigenvalue weighted by atomic mass is 10.0. The summed E-state index contributed by atoms with van der Waals surface area (Å²) in [6.07, 6.45) is 6.10. The molecule has 1 saturated heterocycles. The Kier molecular flexibility index (Phi) is 3.64. The van der Waals surface area contributed by atoms with Crippen LogP contribution < -0.4 is 10.6 Å². The van der Waals surface area contributed by atoms with Crippen LogP contribution in [0.15, 0.2) is 12.1 Å². The van der Waals surface area contributed by atoms with Gasteiger partial charge in [0.1, 0.15) is 11.6 Å². The van der Waals surface area contributed by atoms with E-state index in [9.17, 15) is 0 Å². The molecule has 1 aliphatic heterocycles. The Labute approximate surface area is 113 Å². The number of H-pyrrole nitrogens is 1. The SMILES string of the molecule is CNc1ccc2[nH]c(CCC3CCCCN3)nc2n1. The topological polar surface area (TPSA) is 65.6 Å². The molecule has 5 nitrogen and oxygen atoms in total. The van der Waals surface area contributed by atoms with Gasteiger partial charge < -0.3 is 15.6 Å². The molecule has 2 aromatic rings. The number of fused-ring (bicyclic) bond motifs is 1. The molecule has 0 amide bonds. The second kappa shape index (κ2) is 5.57. The van der Waals surface area contributed by atoms with E-state index in [-0.39, 0.29) is 0 Å². The van der Waals surface area contributed by atoms with Gasteiger partial charge in [-0.05, 0) is 37.9 Å². The Hall–Kier alpha value is -1.62. The van der Waals surface area contributed by atoms with Crippen LogP contribution in [0.1, 0.15) is 31.5 Å². The lowest BCUT2D eigenvalue weighted by Crippen LogP contribution is -2.34. The molecule has 1 aliphatic rings. The van der Waals surface area contributed by atoms with Gasteiger partial charge in [0.25, 0.3) is 0 Å². The molecule has 3 N–H and O–H groups in total. The second-order valence-corrected chi connectivity index (χ2v) is 5.19. The minimum Gasteiger partial charge on any atom is -0.373 e. The summed E-state index contributed by atoms with van der Waals surface area (Å²) in [5.74, 6) is 1.91. The summed E-state index contributed by atoms with van der Waals surface area (Å²) in [6, 6.07) is 4.65. The van der Waals surface area contributed by atoms with Gasteiger partial charge in [0.05, 0.1) is 5.52 Å². The van der Waals surface area contributed by atoms with Crippen molar-refractivity contribution in [3.8, 4) is 0 Å². The van der Waals surface area contributed by atoms with Gasteiger partial charge in [-0.2, -0.15) is 0 Å². The van der Waals surface area contributed by atoms with Crippen molar-refractivity contribution in [3.05, 3.63) is 18.0 Å². The summed E-state index contributed by atoms with van der Waals surface area (Å²) < 4.78 is 0. The predicted molar refractivity (Wildman–Crippen MR) is 77.4 cm³/mol. The van der Waals surface area contributed by atoms with E-state index in [1.54, 1.807) is 0 Å². The maximum absolute atomic E-state index is 4.57. The first-order valence-corrected chi connectivity index (χ1v) is 7.12. The van der Waals surface area contributed by atoms with Gasteiger partial charge in [0, 0.05) is 19.5 Å². The summed E-state index contributed by atoms with van der Waals surface area (Å²) in [7, 11) is 1.87. The fourth-order valence-corrected chi connectivity index (χ4v) is 2.68. The fraction of sp³-hybridized carbons (Fsp3) is 0.571. The number of imidazole rings is 1. The van der Waals surface area contributed by atoms with E-state index in [2.05, 4.69) is 25.6 Å². The molecular formula is C14H21N5. The number of nitrogens with one attached hydrogen (secondary N) is 3. The smallest absolute Gasteiger partial charge is 0.179 e. The number of aryl methyl sites for hydroxylation is 1. The third-order valence-electron chi connectivity index (χ3n) is 3.79. The van der Waals surface area contributed by atoms with Crippen LogP contribution in [0.4, 0.5) is 5.82 Å². The first-order valence-electron chi connectivity index (χ1n) is 7.12. The highest BCUT2D eigenvalue weighted by Gasteiger charge is 2.13. The third kappa shape index (κ3) is 2.87. The van der Waals surface area contributed by atoms with E-state index in [0.717, 1.165) is 42.2 Å². The van der Waals surface area contributed by atoms with Crippen molar-refractivity contribution >= 4 is 17.0 Å². The van der Waals surface area contributed by atoms with Gasteiger partial charge >= 0.3 is 0 Å². The molecule has 3 heterocycles. The van der Waals surface area contributed by atoms with Crippen LogP contribution in [0, 0.1) is 0 Å². The number of pyridine rings is 1. The molecule has 1 atom stereocenters. The molecule has 102 valence electrons. The number of aromatic amines is 1. The number of hydrogen-bond acceptors (Lipinski definition) is 4. The lowest BCUT2D eigenvalue weighted by molar-refractivity contribution is 0.381. The van der Waals surface area contributed by atoms with Crippen LogP contribution in [-0.2, 0) is 6.42 Å². The Morgan fingerprint density at radius 2 is 2.26 bits per heavy atom. The first-order chi connectivity index (χ1) is 9.35. The van der Waals surface area contributed by atoms with Crippen molar-refractivity contribution in [2.45, 2.75) is 38.1 Å². The minimum absolute atomic E-state index is 0.655. The first kappa shape index (κ1) is 12.4. The second-order valence-electron chi connectivity index (χ2n) is 5.19. The Morgan fingerprint density at radius 3 is 3.05 bits per heavy atom. The molecule has 1 fully saturated rings. The van der Waals surface area contributed by atoms with Crippen LogP contribution >= 0.6 is 0 Å². The van der Waals surface area contributed by atoms with Crippen LogP contribution in [-0.4, -0.2) is 34.6 Å². The minimum atomic E-state index is 0.655. The summed E-state index contributed by atoms with van der Waals surface area (Å²) in [5, 5.41) is 6.61. The molecule has 0 radical (unpaired) electrons. The number of rotatable bonds is 4. The molecule has 19 heavy (non-hydrogen) atoms. The van der Waals surface area contributed by atoms with Crippen molar-refractivity contribution < 1.29 is 0 Å². The summed E-state index contributed by atoms with van der Waals surface area (Å²) in [4.78, 5) is 12.4. The number of nitrogens with zero attached hydrogens (tertiary/aromatic N) is 2. The molecule has 0 spiro atoms. The largest absolute Gasteiger partial charge is 0.373 e. The molecule has 5 heteroatoms. The van der Waals surface area contributed by atoms with Gasteiger partial charge in [-0.25, -0.2) is 9.97 Å². The summed E-state index contributed by atoms with van der Waals surface area (Å²) in [6.45, 7) is 1.16. The molecule has 2 aromatic heterocycles. The number of anilines is 1. The normalized spacial score (nSPS) is 19.7. The van der Waals surface area contributed by atoms with E-state index < -0.39 is 0 Å². The van der Waals surface area contributed by atoms with E-state index in [4.69, 9.17) is 0 Å². The zero-order valence-electron chi connectivity index (χ0n) is 11.4. The van der Waals surface area contributed by atoms with E-state index in [1.165, 1.54) is 19.3 Å². The van der Waals surface area contributed by atoms with Crippen molar-refractivity contribution in [1.29, 1.82) is 0 Å². The quantitative estimate of drug-likeness (QED) is 0.786. The van der Waals surface area contributed by atoms with Crippen molar-refractivity contribution in [3.63, 3.8) is 0 Å². The Bertz CT molecular complexity index is 542. The van der Waals surface area contributed by atoms with Crippen LogP contribution in [0.3, 0.4) is 0 Å². The fourth-order valence-electron chi connectivity index (χ4n) is 2.68. The van der Waals surface area contributed by atoms with Gasteiger partial charge in [-0.3, -0.25) is 0 Å². The Balaban J connectivity index is 1.67. The van der Waals surface area contributed by atoms with E-state index >= 15 is 0 Å². The average molecular weight is 259 g/mol. The van der Waals surface area contributed by atoms with Crippen LogP contribution in [0.25, 0.3) is 11.2 Å². The molecule has 0 aliphatic carbocycles. The molecule has 0 bridgehead atoms. The van der Waals surface area contributed by atoms with Gasteiger partial charge in [0.15, 0.2) is 5.65 Å². The van der Waals surface area contributed by atoms with Gasteiger partial charge in [-0.15, -0.1) is 0 Å². The van der Waals surface area contributed by atoms with Gasteiger partial charge in [0.2, 0.25) is 0 Å². The molecule has 0 aromatic carbocycles. The zero-order chi connectivity index (χ0) is 13.1. The van der Waals surface area contributed by atoms with Crippen molar-refractivity contribution in [2.24, 2.45) is 0 Å². The predicted octanol–water partition coefficient (Wildman–Crippen LogP) is 2.07. The summed E-state index contributed by atoms with van der Waals surface area (Å²) >= 11 is 0. The van der Waals surface area contributed by atoms with E-state index in [0.29, 0.717) is 6.04 Å². The third-order valence-corrected chi connectivity index (χ3v) is 3.79. The van der Waals surface area contributed by atoms with E-state index in [1.807, 2.05) is 19.2 Å². The lowest BCUT2D eigenvalue weighted by Gasteiger charge is -2.22. The molecular weight excluding hydrogens is 238 g/mol. The van der Waals surface area contributed by atoms with Crippen LogP contribution in [0.5, 0.6) is 0 Å². The van der Waals surface area contributed by atoms with Crippen LogP contribution in [0.2, 0.25) is 0 Å². The maximum Gasteiger partial charge on any atom is 0.179 e. The van der Waals surface area contributed by atoms with Crippen molar-refractivity contribution in [2.75, 3.05) is 18.9 Å². The molecule has 3 rings (SSSR count). The molecule has 1 unspecified atom stereocenters. The average Bonchev–Trinajstić information content (AvgIpc) is 2.88. The zero-order valence-corrected chi connectivity index (χ0v) is 11.4. The highest BCUT2D eigenvalue weighted by Crippen LogP contribution is 2.16. The number of aromatic nitrogens is 3. The highest BCUT2D eigenvalue weighted by atomic mass is 15.0. The van der Waals surface area contributed by atoms with Gasteiger partial charge in [-0.1, -0.05) is 6.42 Å². The standard InChI is InChI=1S/C14H21N5/c1-15-12-8-6-11-14(18-12)19-13(17-11)7-5-10-4-2-3-9-16-10/h6,8,10,16H,2-5,7,9H2,1H3,(H2,15,17,18,19). The highest BCUT2D eigenvalue weighted by molar-refractivity contribution is 5.72. The number of piperidine rings is 1. The number of hydrogen-bond donors (Lipinski definition) is 3. The summed E-state index contributed by atoms with van der Waals surface area (Å²) in [5.41, 5.74) is 1.82. The Morgan fingerprint density at radius 1 is 1.32 bits per heavy atom. The van der Waals surface area contributed by atoms with Crippen molar-refractivity contribution in [1.82, 2.24) is 20.3 Å². The maximum atomic E-state index is 4.57.